The average Bonchev–Trinajstić information content (AvgIpc) is 3.15. The van der Waals surface area contributed by atoms with Crippen LogP contribution in [0.1, 0.15) is 30.6 Å². The molecule has 3 aromatic carbocycles. The minimum atomic E-state index is -3.81. The van der Waals surface area contributed by atoms with Gasteiger partial charge >= 0.3 is 0 Å². The van der Waals surface area contributed by atoms with Gasteiger partial charge in [0.1, 0.15) is 10.6 Å². The molecule has 0 fully saturated rings. The number of para-hydroxylation sites is 1. The molecular formula is C25H27N3O4S. The minimum Gasteiger partial charge on any atom is -0.495 e. The predicted molar refractivity (Wildman–Crippen MR) is 132 cm³/mol. The number of sulfonamides is 1. The van der Waals surface area contributed by atoms with Crippen LogP contribution in [0, 0.1) is 0 Å². The summed E-state index contributed by atoms with van der Waals surface area (Å²) in [6.07, 6.45) is 0.651. The topological polar surface area (TPSA) is 89.4 Å². The van der Waals surface area contributed by atoms with Gasteiger partial charge in [-0.05, 0) is 55.8 Å². The lowest BCUT2D eigenvalue weighted by Crippen LogP contribution is -2.25. The van der Waals surface area contributed by atoms with E-state index in [1.54, 1.807) is 6.07 Å². The Morgan fingerprint density at radius 1 is 0.970 bits per heavy atom. The van der Waals surface area contributed by atoms with Crippen molar-refractivity contribution in [3.63, 3.8) is 0 Å². The number of nitrogens with zero attached hydrogens (tertiary/aromatic N) is 1. The molecule has 0 spiro atoms. The highest BCUT2D eigenvalue weighted by atomic mass is 32.2. The Labute approximate surface area is 193 Å². The molecule has 33 heavy (non-hydrogen) atoms. The van der Waals surface area contributed by atoms with E-state index < -0.39 is 15.9 Å². The highest BCUT2D eigenvalue weighted by molar-refractivity contribution is 7.89. The molecule has 0 aliphatic heterocycles. The standard InChI is InChI=1S/C25H27N3O4S/c1-4-14-26-33(30,31)24-15-17(10-13-23(24)32-3)25(29)27-18-11-12-22-20(16-18)19-8-6-7-9-21(19)28(22)5-2/h6-13,15-16,26H,4-5,14H2,1-3H3,(H,27,29). The SMILES string of the molecule is CCCNS(=O)(=O)c1cc(C(=O)Nc2ccc3c(c2)c2ccccc2n3CC)ccc1OC. The van der Waals surface area contributed by atoms with Gasteiger partial charge in [0, 0.05) is 46.1 Å². The van der Waals surface area contributed by atoms with Gasteiger partial charge in [-0.15, -0.1) is 0 Å². The summed E-state index contributed by atoms with van der Waals surface area (Å²) in [4.78, 5) is 12.9. The molecule has 4 aromatic rings. The number of benzene rings is 3. The molecule has 2 N–H and O–H groups in total. The second-order valence-corrected chi connectivity index (χ2v) is 9.45. The summed E-state index contributed by atoms with van der Waals surface area (Å²) in [6.45, 7) is 5.11. The second kappa shape index (κ2) is 9.25. The maximum absolute atomic E-state index is 13.0. The first-order chi connectivity index (χ1) is 15.9. The molecule has 1 aromatic heterocycles. The Bertz CT molecular complexity index is 1440. The van der Waals surface area contributed by atoms with Crippen LogP contribution in [0.15, 0.2) is 65.6 Å². The van der Waals surface area contributed by atoms with Crippen molar-refractivity contribution < 1.29 is 17.9 Å². The maximum Gasteiger partial charge on any atom is 0.255 e. The van der Waals surface area contributed by atoms with Crippen molar-refractivity contribution in [3.8, 4) is 5.75 Å². The summed E-state index contributed by atoms with van der Waals surface area (Å²) in [5.74, 6) is -0.216. The molecule has 1 amide bonds. The molecule has 4 rings (SSSR count). The molecule has 0 aliphatic carbocycles. The molecule has 0 saturated carbocycles. The van der Waals surface area contributed by atoms with E-state index in [0.29, 0.717) is 18.7 Å². The van der Waals surface area contributed by atoms with Crippen molar-refractivity contribution in [1.82, 2.24) is 9.29 Å². The summed E-state index contributed by atoms with van der Waals surface area (Å²) in [5.41, 5.74) is 3.10. The Kier molecular flexibility index (Phi) is 6.40. The van der Waals surface area contributed by atoms with Crippen molar-refractivity contribution in [2.75, 3.05) is 19.0 Å². The fourth-order valence-electron chi connectivity index (χ4n) is 4.02. The minimum absolute atomic E-state index is 0.0624. The van der Waals surface area contributed by atoms with E-state index in [1.807, 2.05) is 37.3 Å². The number of hydrogen-bond acceptors (Lipinski definition) is 4. The summed E-state index contributed by atoms with van der Waals surface area (Å²) in [7, 11) is -2.41. The highest BCUT2D eigenvalue weighted by Gasteiger charge is 2.21. The number of aromatic nitrogens is 1. The van der Waals surface area contributed by atoms with Gasteiger partial charge in [-0.3, -0.25) is 4.79 Å². The molecular weight excluding hydrogens is 438 g/mol. The largest absolute Gasteiger partial charge is 0.495 e. The summed E-state index contributed by atoms with van der Waals surface area (Å²) < 4.78 is 35.3. The number of amides is 1. The first-order valence-corrected chi connectivity index (χ1v) is 12.4. The van der Waals surface area contributed by atoms with E-state index in [2.05, 4.69) is 33.7 Å². The van der Waals surface area contributed by atoms with Crippen LogP contribution in [0.3, 0.4) is 0 Å². The Morgan fingerprint density at radius 2 is 1.73 bits per heavy atom. The van der Waals surface area contributed by atoms with Gasteiger partial charge in [-0.1, -0.05) is 25.1 Å². The van der Waals surface area contributed by atoms with E-state index in [9.17, 15) is 13.2 Å². The number of nitrogens with one attached hydrogen (secondary N) is 2. The molecule has 172 valence electrons. The first-order valence-electron chi connectivity index (χ1n) is 10.9. The molecule has 0 radical (unpaired) electrons. The van der Waals surface area contributed by atoms with Crippen LogP contribution in [-0.2, 0) is 16.6 Å². The third-order valence-electron chi connectivity index (χ3n) is 5.60. The van der Waals surface area contributed by atoms with Crippen LogP contribution in [0.5, 0.6) is 5.75 Å². The van der Waals surface area contributed by atoms with Crippen LogP contribution in [0.4, 0.5) is 5.69 Å². The van der Waals surface area contributed by atoms with Crippen molar-refractivity contribution in [3.05, 3.63) is 66.2 Å². The number of rotatable bonds is 8. The third-order valence-corrected chi connectivity index (χ3v) is 7.09. The molecule has 0 atom stereocenters. The lowest BCUT2D eigenvalue weighted by Gasteiger charge is -2.12. The van der Waals surface area contributed by atoms with E-state index >= 15 is 0 Å². The summed E-state index contributed by atoms with van der Waals surface area (Å²) in [5, 5.41) is 5.06. The first kappa shape index (κ1) is 22.8. The Hall–Kier alpha value is -3.36. The maximum atomic E-state index is 13.0. The monoisotopic (exact) mass is 465 g/mol. The number of anilines is 1. The van der Waals surface area contributed by atoms with Crippen LogP contribution in [-0.4, -0.2) is 32.5 Å². The Morgan fingerprint density at radius 3 is 2.45 bits per heavy atom. The van der Waals surface area contributed by atoms with Gasteiger partial charge in [0.2, 0.25) is 10.0 Å². The number of methoxy groups -OCH3 is 1. The summed E-state index contributed by atoms with van der Waals surface area (Å²) >= 11 is 0. The lowest BCUT2D eigenvalue weighted by molar-refractivity contribution is 0.102. The van der Waals surface area contributed by atoms with E-state index in [1.165, 1.54) is 19.2 Å². The fraction of sp³-hybridized carbons (Fsp3) is 0.240. The third kappa shape index (κ3) is 4.31. The number of carbonyl (C=O) groups is 1. The lowest BCUT2D eigenvalue weighted by atomic mass is 10.1. The van der Waals surface area contributed by atoms with Gasteiger partial charge in [0.05, 0.1) is 7.11 Å². The predicted octanol–water partition coefficient (Wildman–Crippen LogP) is 4.76. The average molecular weight is 466 g/mol. The van der Waals surface area contributed by atoms with Gasteiger partial charge in [-0.2, -0.15) is 0 Å². The molecule has 0 bridgehead atoms. The van der Waals surface area contributed by atoms with Gasteiger partial charge in [0.25, 0.3) is 5.91 Å². The van der Waals surface area contributed by atoms with E-state index in [0.717, 1.165) is 28.4 Å². The molecule has 1 heterocycles. The van der Waals surface area contributed by atoms with Crippen molar-refractivity contribution >= 4 is 43.4 Å². The van der Waals surface area contributed by atoms with Crippen molar-refractivity contribution in [2.24, 2.45) is 0 Å². The molecule has 7 nitrogen and oxygen atoms in total. The van der Waals surface area contributed by atoms with Gasteiger partial charge in [0.15, 0.2) is 0 Å². The highest BCUT2D eigenvalue weighted by Crippen LogP contribution is 2.31. The molecule has 0 aliphatic rings. The molecule has 0 saturated heterocycles. The number of fused-ring (bicyclic) bond motifs is 3. The zero-order valence-corrected chi connectivity index (χ0v) is 19.7. The number of aryl methyl sites for hydroxylation is 1. The fourth-order valence-corrected chi connectivity index (χ4v) is 5.34. The number of carbonyl (C=O) groups excluding carboxylic acids is 1. The molecule has 8 heteroatoms. The van der Waals surface area contributed by atoms with E-state index in [-0.39, 0.29) is 16.2 Å². The second-order valence-electron chi connectivity index (χ2n) is 7.71. The molecule has 0 unspecified atom stereocenters. The van der Waals surface area contributed by atoms with Crippen molar-refractivity contribution in [1.29, 1.82) is 0 Å². The van der Waals surface area contributed by atoms with Gasteiger partial charge < -0.3 is 14.6 Å². The van der Waals surface area contributed by atoms with E-state index in [4.69, 9.17) is 4.74 Å². The Balaban J connectivity index is 1.68. The van der Waals surface area contributed by atoms with Crippen LogP contribution >= 0.6 is 0 Å². The summed E-state index contributed by atoms with van der Waals surface area (Å²) in [6, 6.07) is 18.4. The normalized spacial score (nSPS) is 11.7. The van der Waals surface area contributed by atoms with Crippen LogP contribution in [0.2, 0.25) is 0 Å². The smallest absolute Gasteiger partial charge is 0.255 e. The quantitative estimate of drug-likeness (QED) is 0.392. The van der Waals surface area contributed by atoms with Crippen LogP contribution in [0.25, 0.3) is 21.8 Å². The number of ether oxygens (including phenoxy) is 1. The zero-order valence-electron chi connectivity index (χ0n) is 18.9. The van der Waals surface area contributed by atoms with Crippen LogP contribution < -0.4 is 14.8 Å². The number of hydrogen-bond donors (Lipinski definition) is 2. The van der Waals surface area contributed by atoms with Gasteiger partial charge in [-0.25, -0.2) is 13.1 Å². The zero-order chi connectivity index (χ0) is 23.6. The van der Waals surface area contributed by atoms with Crippen molar-refractivity contribution in [2.45, 2.75) is 31.7 Å².